The van der Waals surface area contributed by atoms with E-state index in [9.17, 15) is 13.5 Å². The average molecular weight is 269 g/mol. The maximum atomic E-state index is 10.7. The molecule has 15 heavy (non-hydrogen) atoms. The number of hydrogen-bond acceptors (Lipinski definition) is 3. The second-order valence-corrected chi connectivity index (χ2v) is 6.51. The van der Waals surface area contributed by atoms with Gasteiger partial charge in [0.05, 0.1) is 10.8 Å². The number of rotatable bonds is 3. The summed E-state index contributed by atoms with van der Waals surface area (Å²) in [6.07, 6.45) is 0.261. The van der Waals surface area contributed by atoms with E-state index in [4.69, 9.17) is 22.3 Å². The third kappa shape index (κ3) is 3.89. The van der Waals surface area contributed by atoms with E-state index >= 15 is 0 Å². The Kier molecular flexibility index (Phi) is 3.87. The molecule has 6 heteroatoms. The largest absolute Gasteiger partial charge is 0.506 e. The Hall–Kier alpha value is -0.450. The summed E-state index contributed by atoms with van der Waals surface area (Å²) in [7, 11) is 1.58. The molecule has 0 radical (unpaired) electrons. The quantitative estimate of drug-likeness (QED) is 0.857. The summed E-state index contributed by atoms with van der Waals surface area (Å²) in [5, 5.41) is 9.68. The van der Waals surface area contributed by atoms with Crippen LogP contribution in [-0.4, -0.2) is 19.3 Å². The van der Waals surface area contributed by atoms with Gasteiger partial charge in [-0.05, 0) is 30.5 Å². The highest BCUT2D eigenvalue weighted by Gasteiger charge is 2.09. The minimum Gasteiger partial charge on any atom is -0.506 e. The summed E-state index contributed by atoms with van der Waals surface area (Å²) < 4.78 is 21.4. The fraction of sp³-hybridized carbons (Fsp3) is 0.333. The Bertz CT molecular complexity index is 445. The minimum absolute atomic E-state index is 0.0429. The third-order valence-electron chi connectivity index (χ3n) is 1.93. The lowest BCUT2D eigenvalue weighted by atomic mass is 10.1. The van der Waals surface area contributed by atoms with Crippen molar-refractivity contribution in [3.05, 3.63) is 28.3 Å². The van der Waals surface area contributed by atoms with Crippen molar-refractivity contribution in [2.24, 2.45) is 0 Å². The number of halogens is 2. The van der Waals surface area contributed by atoms with Gasteiger partial charge in [0, 0.05) is 10.7 Å². The molecular formula is C9H10Cl2O3S. The van der Waals surface area contributed by atoms with Crippen molar-refractivity contribution in [1.82, 2.24) is 0 Å². The van der Waals surface area contributed by atoms with Gasteiger partial charge < -0.3 is 5.11 Å². The zero-order valence-electron chi connectivity index (χ0n) is 8.00. The van der Waals surface area contributed by atoms with Gasteiger partial charge in [-0.3, -0.25) is 0 Å². The summed E-state index contributed by atoms with van der Waals surface area (Å²) in [6, 6.07) is 3.17. The lowest BCUT2D eigenvalue weighted by molar-refractivity contribution is 0.474. The van der Waals surface area contributed by atoms with Crippen molar-refractivity contribution in [3.63, 3.8) is 0 Å². The lowest BCUT2D eigenvalue weighted by Gasteiger charge is -2.05. The SMILES string of the molecule is Cc1cc(CCS(=O)(=O)Cl)cc(O)c1Cl. The zero-order chi connectivity index (χ0) is 11.6. The average Bonchev–Trinajstić information content (AvgIpc) is 2.09. The molecule has 1 aromatic carbocycles. The maximum Gasteiger partial charge on any atom is 0.232 e. The number of phenolic OH excluding ortho intramolecular Hbond substituents is 1. The van der Waals surface area contributed by atoms with Crippen LogP contribution in [0, 0.1) is 6.92 Å². The smallest absolute Gasteiger partial charge is 0.232 e. The predicted molar refractivity (Wildman–Crippen MR) is 61.2 cm³/mol. The fourth-order valence-corrected chi connectivity index (χ4v) is 2.03. The molecule has 0 fully saturated rings. The van der Waals surface area contributed by atoms with Crippen LogP contribution in [0.1, 0.15) is 11.1 Å². The summed E-state index contributed by atoms with van der Waals surface area (Å²) in [6.45, 7) is 1.74. The second-order valence-electron chi connectivity index (χ2n) is 3.24. The van der Waals surface area contributed by atoms with Crippen molar-refractivity contribution in [3.8, 4) is 5.75 Å². The van der Waals surface area contributed by atoms with Gasteiger partial charge in [-0.25, -0.2) is 8.42 Å². The van der Waals surface area contributed by atoms with Crippen LogP contribution in [0.3, 0.4) is 0 Å². The first kappa shape index (κ1) is 12.6. The fourth-order valence-electron chi connectivity index (χ4n) is 1.21. The number of benzene rings is 1. The van der Waals surface area contributed by atoms with Crippen LogP contribution < -0.4 is 0 Å². The van der Waals surface area contributed by atoms with Crippen LogP contribution in [0.2, 0.25) is 5.02 Å². The molecule has 1 aromatic rings. The standard InChI is InChI=1S/C9H10Cl2O3S/c1-6-4-7(2-3-15(11,13)14)5-8(12)9(6)10/h4-5,12H,2-3H2,1H3. The number of aromatic hydroxyl groups is 1. The van der Waals surface area contributed by atoms with Crippen LogP contribution in [0.4, 0.5) is 0 Å². The first-order valence-electron chi connectivity index (χ1n) is 4.20. The van der Waals surface area contributed by atoms with Gasteiger partial charge in [-0.1, -0.05) is 17.7 Å². The molecule has 0 unspecified atom stereocenters. The van der Waals surface area contributed by atoms with Crippen molar-refractivity contribution >= 4 is 31.3 Å². The summed E-state index contributed by atoms with van der Waals surface area (Å²) in [5.74, 6) is -0.201. The highest BCUT2D eigenvalue weighted by atomic mass is 35.7. The Morgan fingerprint density at radius 1 is 1.40 bits per heavy atom. The van der Waals surface area contributed by atoms with Crippen molar-refractivity contribution in [2.75, 3.05) is 5.75 Å². The monoisotopic (exact) mass is 268 g/mol. The molecule has 0 saturated carbocycles. The molecule has 0 spiro atoms. The zero-order valence-corrected chi connectivity index (χ0v) is 10.3. The Morgan fingerprint density at radius 3 is 2.47 bits per heavy atom. The first-order chi connectivity index (χ1) is 6.79. The highest BCUT2D eigenvalue weighted by molar-refractivity contribution is 8.13. The van der Waals surface area contributed by atoms with Crippen LogP contribution in [-0.2, 0) is 15.5 Å². The van der Waals surface area contributed by atoms with E-state index in [0.29, 0.717) is 11.1 Å². The van der Waals surface area contributed by atoms with Gasteiger partial charge in [-0.15, -0.1) is 0 Å². The van der Waals surface area contributed by atoms with Gasteiger partial charge in [0.25, 0.3) is 0 Å². The van der Waals surface area contributed by atoms with E-state index in [2.05, 4.69) is 0 Å². The summed E-state index contributed by atoms with van der Waals surface area (Å²) in [4.78, 5) is 0. The van der Waals surface area contributed by atoms with Crippen molar-refractivity contribution < 1.29 is 13.5 Å². The Labute approximate surface area is 98.1 Å². The van der Waals surface area contributed by atoms with Crippen molar-refractivity contribution in [1.29, 1.82) is 0 Å². The maximum absolute atomic E-state index is 10.7. The molecule has 0 aliphatic carbocycles. The summed E-state index contributed by atoms with van der Waals surface area (Å²) in [5.41, 5.74) is 1.40. The van der Waals surface area contributed by atoms with E-state index in [0.717, 1.165) is 0 Å². The van der Waals surface area contributed by atoms with Crippen LogP contribution in [0.25, 0.3) is 0 Å². The molecule has 0 aromatic heterocycles. The van der Waals surface area contributed by atoms with E-state index in [1.807, 2.05) is 0 Å². The minimum atomic E-state index is -3.50. The lowest BCUT2D eigenvalue weighted by Crippen LogP contribution is -2.01. The van der Waals surface area contributed by atoms with Crippen LogP contribution in [0.5, 0.6) is 5.75 Å². The van der Waals surface area contributed by atoms with Gasteiger partial charge in [0.1, 0.15) is 5.75 Å². The first-order valence-corrected chi connectivity index (χ1v) is 7.05. The van der Waals surface area contributed by atoms with Gasteiger partial charge >= 0.3 is 0 Å². The molecule has 0 heterocycles. The molecule has 0 amide bonds. The molecule has 0 bridgehead atoms. The van der Waals surface area contributed by atoms with E-state index in [1.54, 1.807) is 13.0 Å². The molecule has 1 N–H and O–H groups in total. The number of phenols is 1. The van der Waals surface area contributed by atoms with E-state index in [-0.39, 0.29) is 22.9 Å². The van der Waals surface area contributed by atoms with Gasteiger partial charge in [0.2, 0.25) is 9.05 Å². The molecule has 0 saturated heterocycles. The topological polar surface area (TPSA) is 54.4 Å². The molecular weight excluding hydrogens is 259 g/mol. The molecule has 3 nitrogen and oxygen atoms in total. The van der Waals surface area contributed by atoms with Crippen LogP contribution >= 0.6 is 22.3 Å². The van der Waals surface area contributed by atoms with Crippen molar-refractivity contribution in [2.45, 2.75) is 13.3 Å². The van der Waals surface area contributed by atoms with Gasteiger partial charge in [0.15, 0.2) is 0 Å². The normalized spacial score (nSPS) is 11.7. The number of aryl methyl sites for hydroxylation is 2. The summed E-state index contributed by atoms with van der Waals surface area (Å²) >= 11 is 5.75. The molecule has 1 rings (SSSR count). The van der Waals surface area contributed by atoms with Gasteiger partial charge in [-0.2, -0.15) is 0 Å². The molecule has 0 aliphatic heterocycles. The Balaban J connectivity index is 2.89. The highest BCUT2D eigenvalue weighted by Crippen LogP contribution is 2.28. The number of hydrogen-bond donors (Lipinski definition) is 1. The molecule has 0 aliphatic rings. The second kappa shape index (κ2) is 4.60. The van der Waals surface area contributed by atoms with Crippen LogP contribution in [0.15, 0.2) is 12.1 Å². The van der Waals surface area contributed by atoms with E-state index < -0.39 is 9.05 Å². The predicted octanol–water partition coefficient (Wildman–Crippen LogP) is 2.47. The molecule has 0 atom stereocenters. The Morgan fingerprint density at radius 2 is 2.00 bits per heavy atom. The van der Waals surface area contributed by atoms with E-state index in [1.165, 1.54) is 6.07 Å². The third-order valence-corrected chi connectivity index (χ3v) is 3.58. The molecule has 84 valence electrons.